The van der Waals surface area contributed by atoms with E-state index in [9.17, 15) is 29.3 Å². The maximum Gasteiger partial charge on any atom is 0.330 e. The van der Waals surface area contributed by atoms with E-state index in [2.05, 4.69) is 0 Å². The van der Waals surface area contributed by atoms with Crippen molar-refractivity contribution in [1.29, 1.82) is 0 Å². The van der Waals surface area contributed by atoms with Gasteiger partial charge in [-0.05, 0) is 0 Å². The van der Waals surface area contributed by atoms with Gasteiger partial charge >= 0.3 is 5.69 Å². The molecule has 0 bridgehead atoms. The van der Waals surface area contributed by atoms with E-state index in [0.29, 0.717) is 6.20 Å². The Hall–Kier alpha value is -1.59. The van der Waals surface area contributed by atoms with Gasteiger partial charge in [0.05, 0.1) is 6.61 Å². The molecule has 0 aliphatic carbocycles. The standard InChI is InChI=1S/C10H13FN2O7/c11-3-1-12-10(19)13(8(3)18)9-7(17)6(16)5(15)4(2-14)20-9/h1,4-7,9,14-17H,2H2,(H,12,19)/t4-,5+,6+,7-,9?/m0/s1. The quantitative estimate of drug-likeness (QED) is 0.383. The van der Waals surface area contributed by atoms with Gasteiger partial charge < -0.3 is 30.1 Å². The molecule has 1 unspecified atom stereocenters. The zero-order valence-corrected chi connectivity index (χ0v) is 10.0. The van der Waals surface area contributed by atoms with Crippen molar-refractivity contribution in [1.82, 2.24) is 9.55 Å². The first-order chi connectivity index (χ1) is 9.38. The van der Waals surface area contributed by atoms with Crippen LogP contribution in [0.25, 0.3) is 0 Å². The average Bonchev–Trinajstić information content (AvgIpc) is 2.43. The summed E-state index contributed by atoms with van der Waals surface area (Å²) in [6.07, 6.45) is -7.78. The Morgan fingerprint density at radius 3 is 2.50 bits per heavy atom. The van der Waals surface area contributed by atoms with Crippen molar-refractivity contribution in [2.75, 3.05) is 6.61 Å². The molecule has 1 aliphatic rings. The third-order valence-electron chi connectivity index (χ3n) is 3.09. The number of hydrogen-bond acceptors (Lipinski definition) is 7. The molecule has 0 spiro atoms. The molecule has 0 aromatic carbocycles. The molecule has 1 aromatic heterocycles. The smallest absolute Gasteiger partial charge is 0.330 e. The number of aromatic amines is 1. The lowest BCUT2D eigenvalue weighted by molar-refractivity contribution is -0.253. The van der Waals surface area contributed by atoms with Gasteiger partial charge in [-0.1, -0.05) is 0 Å². The highest BCUT2D eigenvalue weighted by Gasteiger charge is 2.45. The van der Waals surface area contributed by atoms with E-state index in [1.54, 1.807) is 0 Å². The molecule has 1 saturated heterocycles. The summed E-state index contributed by atoms with van der Waals surface area (Å²) in [5.41, 5.74) is -2.43. The number of rotatable bonds is 2. The van der Waals surface area contributed by atoms with E-state index < -0.39 is 54.3 Å². The lowest BCUT2D eigenvalue weighted by atomic mass is 9.98. The van der Waals surface area contributed by atoms with Crippen LogP contribution in [-0.2, 0) is 4.74 Å². The Morgan fingerprint density at radius 2 is 1.90 bits per heavy atom. The van der Waals surface area contributed by atoms with E-state index in [-0.39, 0.29) is 4.57 Å². The van der Waals surface area contributed by atoms with Gasteiger partial charge in [0.2, 0.25) is 5.82 Å². The number of aromatic nitrogens is 2. The number of H-pyrrole nitrogens is 1. The van der Waals surface area contributed by atoms with Gasteiger partial charge in [0.1, 0.15) is 24.4 Å². The maximum absolute atomic E-state index is 13.2. The predicted molar refractivity (Wildman–Crippen MR) is 60.3 cm³/mol. The van der Waals surface area contributed by atoms with E-state index >= 15 is 0 Å². The highest BCUT2D eigenvalue weighted by Crippen LogP contribution is 2.26. The average molecular weight is 292 g/mol. The summed E-state index contributed by atoms with van der Waals surface area (Å²) < 4.78 is 18.4. The molecular weight excluding hydrogens is 279 g/mol. The van der Waals surface area contributed by atoms with Gasteiger partial charge in [-0.15, -0.1) is 0 Å². The van der Waals surface area contributed by atoms with Crippen molar-refractivity contribution >= 4 is 0 Å². The molecule has 2 heterocycles. The summed E-state index contributed by atoms with van der Waals surface area (Å²) in [6, 6.07) is 0. The van der Waals surface area contributed by atoms with Crippen LogP contribution >= 0.6 is 0 Å². The van der Waals surface area contributed by atoms with Gasteiger partial charge in [0.25, 0.3) is 5.56 Å². The first-order valence-electron chi connectivity index (χ1n) is 5.68. The van der Waals surface area contributed by atoms with Crippen LogP contribution in [0.5, 0.6) is 0 Å². The summed E-state index contributed by atoms with van der Waals surface area (Å²) in [7, 11) is 0. The Kier molecular flexibility index (Phi) is 4.01. The second-order valence-electron chi connectivity index (χ2n) is 4.34. The molecule has 0 amide bonds. The maximum atomic E-state index is 13.2. The van der Waals surface area contributed by atoms with E-state index in [4.69, 9.17) is 9.84 Å². The SMILES string of the molecule is O=c1[nH]cc(F)c(=O)n1C1O[C@@H](CO)[C@@H](O)[C@@H](O)[C@@H]1O. The minimum Gasteiger partial charge on any atom is -0.394 e. The van der Waals surface area contributed by atoms with Gasteiger partial charge in [0.15, 0.2) is 6.23 Å². The number of hydrogen-bond donors (Lipinski definition) is 5. The molecule has 5 N–H and O–H groups in total. The fourth-order valence-corrected chi connectivity index (χ4v) is 1.99. The minimum absolute atomic E-state index is 0.234. The van der Waals surface area contributed by atoms with Crippen LogP contribution in [0.2, 0.25) is 0 Å². The summed E-state index contributed by atoms with van der Waals surface area (Å²) in [5.74, 6) is -1.29. The van der Waals surface area contributed by atoms with Gasteiger partial charge in [-0.25, -0.2) is 9.36 Å². The van der Waals surface area contributed by atoms with Crippen LogP contribution in [0, 0.1) is 5.82 Å². The molecule has 1 aromatic rings. The van der Waals surface area contributed by atoms with Crippen molar-refractivity contribution in [2.45, 2.75) is 30.6 Å². The zero-order valence-electron chi connectivity index (χ0n) is 10.0. The molecular formula is C10H13FN2O7. The highest BCUT2D eigenvalue weighted by molar-refractivity contribution is 4.95. The Balaban J connectivity index is 2.49. The summed E-state index contributed by atoms with van der Waals surface area (Å²) in [4.78, 5) is 25.1. The lowest BCUT2D eigenvalue weighted by Gasteiger charge is -2.39. The van der Waals surface area contributed by atoms with E-state index in [1.165, 1.54) is 0 Å². The van der Waals surface area contributed by atoms with Gasteiger partial charge in [0, 0.05) is 6.20 Å². The molecule has 9 nitrogen and oxygen atoms in total. The van der Waals surface area contributed by atoms with Crippen LogP contribution in [0.1, 0.15) is 6.23 Å². The topological polar surface area (TPSA) is 145 Å². The first-order valence-corrected chi connectivity index (χ1v) is 5.68. The predicted octanol–water partition coefficient (Wildman–Crippen LogP) is -3.35. The highest BCUT2D eigenvalue weighted by atomic mass is 19.1. The van der Waals surface area contributed by atoms with Crippen molar-refractivity contribution in [3.8, 4) is 0 Å². The van der Waals surface area contributed by atoms with Crippen molar-refractivity contribution in [2.24, 2.45) is 0 Å². The third kappa shape index (κ3) is 2.27. The van der Waals surface area contributed by atoms with E-state index in [0.717, 1.165) is 0 Å². The van der Waals surface area contributed by atoms with Crippen LogP contribution in [0.4, 0.5) is 4.39 Å². The van der Waals surface area contributed by atoms with Gasteiger partial charge in [-0.2, -0.15) is 4.39 Å². The van der Waals surface area contributed by atoms with Crippen LogP contribution in [0.15, 0.2) is 15.8 Å². The molecule has 20 heavy (non-hydrogen) atoms. The van der Waals surface area contributed by atoms with Crippen LogP contribution in [-0.4, -0.2) is 61.0 Å². The summed E-state index contributed by atoms with van der Waals surface area (Å²) in [5, 5.41) is 37.9. The summed E-state index contributed by atoms with van der Waals surface area (Å²) in [6.45, 7) is -0.733. The Labute approximate surface area is 110 Å². The molecule has 0 saturated carbocycles. The number of ether oxygens (including phenoxy) is 1. The lowest BCUT2D eigenvalue weighted by Crippen LogP contribution is -2.59. The number of aliphatic hydroxyl groups excluding tert-OH is 4. The monoisotopic (exact) mass is 292 g/mol. The number of halogens is 1. The molecule has 112 valence electrons. The normalized spacial score (nSPS) is 34.1. The third-order valence-corrected chi connectivity index (χ3v) is 3.09. The second-order valence-corrected chi connectivity index (χ2v) is 4.34. The van der Waals surface area contributed by atoms with Crippen molar-refractivity contribution in [3.63, 3.8) is 0 Å². The second kappa shape index (κ2) is 5.42. The number of nitrogens with zero attached hydrogens (tertiary/aromatic N) is 1. The molecule has 2 rings (SSSR count). The first kappa shape index (κ1) is 14.8. The minimum atomic E-state index is -1.85. The van der Waals surface area contributed by atoms with E-state index in [1.807, 2.05) is 4.98 Å². The number of nitrogens with one attached hydrogen (secondary N) is 1. The zero-order chi connectivity index (χ0) is 15.0. The fourth-order valence-electron chi connectivity index (χ4n) is 1.99. The summed E-state index contributed by atoms with van der Waals surface area (Å²) >= 11 is 0. The largest absolute Gasteiger partial charge is 0.394 e. The van der Waals surface area contributed by atoms with Crippen molar-refractivity contribution in [3.05, 3.63) is 32.9 Å². The number of aliphatic hydroxyl groups is 4. The molecule has 1 aliphatic heterocycles. The Morgan fingerprint density at radius 1 is 1.25 bits per heavy atom. The van der Waals surface area contributed by atoms with Crippen molar-refractivity contribution < 1.29 is 29.6 Å². The molecule has 10 heteroatoms. The molecule has 0 radical (unpaired) electrons. The Bertz CT molecular complexity index is 598. The fraction of sp³-hybridized carbons (Fsp3) is 0.600. The van der Waals surface area contributed by atoms with Crippen LogP contribution < -0.4 is 11.2 Å². The molecule has 5 atom stereocenters. The van der Waals surface area contributed by atoms with Crippen LogP contribution in [0.3, 0.4) is 0 Å². The van der Waals surface area contributed by atoms with Gasteiger partial charge in [-0.3, -0.25) is 4.79 Å². The molecule has 1 fully saturated rings.